The van der Waals surface area contributed by atoms with Gasteiger partial charge in [0.25, 0.3) is 0 Å². The molecule has 0 fully saturated rings. The number of carbonyl (C=O) groups excluding carboxylic acids is 1. The van der Waals surface area contributed by atoms with Crippen molar-refractivity contribution < 1.29 is 4.79 Å². The van der Waals surface area contributed by atoms with E-state index in [-0.39, 0.29) is 6.03 Å². The van der Waals surface area contributed by atoms with E-state index in [1.54, 1.807) is 18.1 Å². The van der Waals surface area contributed by atoms with E-state index in [4.69, 9.17) is 0 Å². The maximum absolute atomic E-state index is 12.2. The lowest BCUT2D eigenvalue weighted by atomic mass is 10.2. The fourth-order valence-corrected chi connectivity index (χ4v) is 4.71. The summed E-state index contributed by atoms with van der Waals surface area (Å²) in [6.07, 6.45) is 3.58. The van der Waals surface area contributed by atoms with Crippen LogP contribution in [0.25, 0.3) is 10.9 Å². The number of hydrogen-bond donors (Lipinski definition) is 4. The number of thioether (sulfide) groups is 1. The lowest BCUT2D eigenvalue weighted by molar-refractivity contribution is 0.256. The number of para-hydroxylation sites is 1. The molecule has 9 nitrogen and oxygen atoms in total. The van der Waals surface area contributed by atoms with Crippen molar-refractivity contribution in [3.8, 4) is 0 Å². The Hall–Kier alpha value is -3.37. The number of benzene rings is 2. The lowest BCUT2D eigenvalue weighted by Gasteiger charge is -2.13. The molecule has 4 N–H and O–H groups in total. The minimum absolute atomic E-state index is 0.278. The quantitative estimate of drug-likeness (QED) is 0.316. The van der Waals surface area contributed by atoms with Crippen molar-refractivity contribution in [1.29, 1.82) is 0 Å². The molecule has 2 aromatic carbocycles. The van der Waals surface area contributed by atoms with Crippen LogP contribution in [0.4, 0.5) is 22.0 Å². The number of amidine groups is 1. The van der Waals surface area contributed by atoms with Crippen molar-refractivity contribution in [2.45, 2.75) is 18.1 Å². The van der Waals surface area contributed by atoms with Crippen molar-refractivity contribution in [2.24, 2.45) is 4.99 Å². The molecule has 0 saturated carbocycles. The van der Waals surface area contributed by atoms with E-state index < -0.39 is 0 Å². The van der Waals surface area contributed by atoms with E-state index in [1.165, 1.54) is 0 Å². The highest BCUT2D eigenvalue weighted by molar-refractivity contribution is 8.14. The number of fused-ring (bicyclic) bond motifs is 1. The fourth-order valence-electron chi connectivity index (χ4n) is 3.70. The predicted molar refractivity (Wildman–Crippen MR) is 147 cm³/mol. The zero-order valence-electron chi connectivity index (χ0n) is 20.1. The topological polar surface area (TPSA) is 107 Å². The average Bonchev–Trinajstić information content (AvgIpc) is 3.29. The van der Waals surface area contributed by atoms with Gasteiger partial charge < -0.3 is 20.9 Å². The number of carbonyl (C=O) groups is 1. The van der Waals surface area contributed by atoms with E-state index in [0.29, 0.717) is 17.0 Å². The van der Waals surface area contributed by atoms with Crippen LogP contribution in [0.5, 0.6) is 0 Å². The fraction of sp³-hybridized carbons (Fsp3) is 0.360. The van der Waals surface area contributed by atoms with Gasteiger partial charge in [-0.2, -0.15) is 0 Å². The summed E-state index contributed by atoms with van der Waals surface area (Å²) < 4.78 is 0. The van der Waals surface area contributed by atoms with Crippen LogP contribution < -0.4 is 21.3 Å². The molecule has 184 valence electrons. The second-order valence-electron chi connectivity index (χ2n) is 8.58. The Labute approximate surface area is 210 Å². The molecule has 1 unspecified atom stereocenters. The van der Waals surface area contributed by atoms with Crippen LogP contribution >= 0.6 is 11.8 Å². The minimum atomic E-state index is -0.278. The van der Waals surface area contributed by atoms with Crippen LogP contribution in [0.3, 0.4) is 0 Å². The van der Waals surface area contributed by atoms with Crippen molar-refractivity contribution in [3.05, 3.63) is 54.9 Å². The van der Waals surface area contributed by atoms with Crippen molar-refractivity contribution in [3.63, 3.8) is 0 Å². The highest BCUT2D eigenvalue weighted by Crippen LogP contribution is 2.25. The monoisotopic (exact) mass is 492 g/mol. The first-order valence-corrected chi connectivity index (χ1v) is 12.7. The Kier molecular flexibility index (Phi) is 8.74. The first kappa shape index (κ1) is 24.7. The summed E-state index contributed by atoms with van der Waals surface area (Å²) in [5.74, 6) is 0.832. The molecule has 4 rings (SSSR count). The molecule has 1 aliphatic heterocycles. The van der Waals surface area contributed by atoms with Crippen LogP contribution in [0.2, 0.25) is 0 Å². The van der Waals surface area contributed by atoms with Gasteiger partial charge in [0.15, 0.2) is 5.17 Å². The van der Waals surface area contributed by atoms with Crippen LogP contribution in [0.1, 0.15) is 12.8 Å². The molecule has 2 heterocycles. The normalized spacial score (nSPS) is 15.2. The Bertz CT molecular complexity index is 1150. The van der Waals surface area contributed by atoms with Gasteiger partial charge in [0.1, 0.15) is 12.1 Å². The van der Waals surface area contributed by atoms with Gasteiger partial charge in [0, 0.05) is 35.1 Å². The summed E-state index contributed by atoms with van der Waals surface area (Å²) in [4.78, 5) is 27.7. The lowest BCUT2D eigenvalue weighted by Crippen LogP contribution is -2.32. The zero-order chi connectivity index (χ0) is 24.5. The zero-order valence-corrected chi connectivity index (χ0v) is 20.9. The highest BCUT2D eigenvalue weighted by atomic mass is 32.2. The van der Waals surface area contributed by atoms with E-state index >= 15 is 0 Å². The van der Waals surface area contributed by atoms with Gasteiger partial charge in [-0.05, 0) is 63.8 Å². The van der Waals surface area contributed by atoms with Crippen molar-refractivity contribution in [1.82, 2.24) is 20.2 Å². The molecule has 10 heteroatoms. The molecule has 2 amide bonds. The van der Waals surface area contributed by atoms with Gasteiger partial charge in [0.2, 0.25) is 0 Å². The first-order chi connectivity index (χ1) is 17.1. The second kappa shape index (κ2) is 12.4. The highest BCUT2D eigenvalue weighted by Gasteiger charge is 2.21. The third-order valence-corrected chi connectivity index (χ3v) is 6.65. The Balaban J connectivity index is 1.21. The largest absolute Gasteiger partial charge is 0.385 e. The summed E-state index contributed by atoms with van der Waals surface area (Å²) in [6, 6.07) is 15.3. The summed E-state index contributed by atoms with van der Waals surface area (Å²) in [5, 5.41) is 14.5. The van der Waals surface area contributed by atoms with Gasteiger partial charge in [0.05, 0.1) is 12.1 Å². The Morgan fingerprint density at radius 3 is 2.71 bits per heavy atom. The molecule has 0 radical (unpaired) electrons. The Morgan fingerprint density at radius 1 is 1.03 bits per heavy atom. The van der Waals surface area contributed by atoms with E-state index in [9.17, 15) is 4.79 Å². The number of anilines is 3. The summed E-state index contributed by atoms with van der Waals surface area (Å²) in [7, 11) is 4.17. The summed E-state index contributed by atoms with van der Waals surface area (Å²) in [5.41, 5.74) is 2.73. The van der Waals surface area contributed by atoms with E-state index in [0.717, 1.165) is 60.6 Å². The maximum Gasteiger partial charge on any atom is 0.325 e. The summed E-state index contributed by atoms with van der Waals surface area (Å²) in [6.45, 7) is 3.42. The van der Waals surface area contributed by atoms with Crippen LogP contribution in [-0.2, 0) is 0 Å². The van der Waals surface area contributed by atoms with Crippen LogP contribution in [0.15, 0.2) is 59.9 Å². The number of aliphatic imine (C=N–C) groups is 1. The standard InChI is InChI=1S/C25H32N8OS/c1-33(2)14-6-12-26-19-9-10-21-22(15-19)29-17-30-23(21)27-13-11-20-16-28-25(35-20)32-24(34)31-18-7-4-3-5-8-18/h3-5,7-10,15,17,20,26H,6,11-14,16H2,1-2H3,(H,27,29,30)(H2,28,31,32,34). The SMILES string of the molecule is CN(C)CCCNc1ccc2c(NCCC3CN=C(NC(=O)Nc4ccccc4)S3)ncnc2c1. The Morgan fingerprint density at radius 2 is 1.89 bits per heavy atom. The minimum Gasteiger partial charge on any atom is -0.385 e. The number of urea groups is 1. The molecule has 0 saturated heterocycles. The van der Waals surface area contributed by atoms with Crippen LogP contribution in [-0.4, -0.2) is 71.6 Å². The smallest absolute Gasteiger partial charge is 0.325 e. The average molecular weight is 493 g/mol. The third-order valence-electron chi connectivity index (χ3n) is 5.48. The molecule has 1 aliphatic rings. The molecule has 0 spiro atoms. The number of aromatic nitrogens is 2. The molecule has 35 heavy (non-hydrogen) atoms. The molecule has 0 aliphatic carbocycles. The second-order valence-corrected chi connectivity index (χ2v) is 9.87. The molecule has 0 bridgehead atoms. The van der Waals surface area contributed by atoms with Gasteiger partial charge >= 0.3 is 6.03 Å². The number of amides is 2. The van der Waals surface area contributed by atoms with E-state index in [2.05, 4.69) is 73.4 Å². The third kappa shape index (κ3) is 7.56. The number of hydrogen-bond acceptors (Lipinski definition) is 8. The molecule has 1 aromatic heterocycles. The van der Waals surface area contributed by atoms with Crippen LogP contribution in [0, 0.1) is 0 Å². The molecular formula is C25H32N8OS. The summed E-state index contributed by atoms with van der Waals surface area (Å²) >= 11 is 1.60. The predicted octanol–water partition coefficient (Wildman–Crippen LogP) is 4.09. The van der Waals surface area contributed by atoms with Crippen molar-refractivity contribution >= 4 is 51.1 Å². The van der Waals surface area contributed by atoms with Gasteiger partial charge in [-0.25, -0.2) is 14.8 Å². The molecular weight excluding hydrogens is 460 g/mol. The number of rotatable bonds is 10. The first-order valence-electron chi connectivity index (χ1n) is 11.8. The van der Waals surface area contributed by atoms with Gasteiger partial charge in [-0.1, -0.05) is 30.0 Å². The molecule has 1 atom stereocenters. The molecule has 3 aromatic rings. The number of nitrogens with zero attached hydrogens (tertiary/aromatic N) is 4. The van der Waals surface area contributed by atoms with E-state index in [1.807, 2.05) is 30.3 Å². The van der Waals surface area contributed by atoms with Gasteiger partial charge in [-0.15, -0.1) is 0 Å². The van der Waals surface area contributed by atoms with Gasteiger partial charge in [-0.3, -0.25) is 10.3 Å². The van der Waals surface area contributed by atoms with Crippen molar-refractivity contribution in [2.75, 3.05) is 56.2 Å². The maximum atomic E-state index is 12.2. The number of nitrogens with one attached hydrogen (secondary N) is 4.